The second-order valence-electron chi connectivity index (χ2n) is 5.54. The molecule has 0 bridgehead atoms. The lowest BCUT2D eigenvalue weighted by Gasteiger charge is -2.11. The number of rotatable bonds is 4. The lowest BCUT2D eigenvalue weighted by Crippen LogP contribution is -2.13. The van der Waals surface area contributed by atoms with Crippen molar-refractivity contribution in [1.82, 2.24) is 0 Å². The lowest BCUT2D eigenvalue weighted by atomic mass is 10.1. The van der Waals surface area contributed by atoms with Gasteiger partial charge in [0.25, 0.3) is 10.0 Å². The number of fused-ring (bicyclic) bond motifs is 1. The van der Waals surface area contributed by atoms with E-state index in [1.807, 2.05) is 0 Å². The van der Waals surface area contributed by atoms with Crippen molar-refractivity contribution in [3.8, 4) is 0 Å². The Morgan fingerprint density at radius 1 is 1.07 bits per heavy atom. The number of hydrogen-bond donors (Lipinski definition) is 1. The fourth-order valence-corrected chi connectivity index (χ4v) is 4.61. The Morgan fingerprint density at radius 3 is 2.41 bits per heavy atom. The van der Waals surface area contributed by atoms with Crippen molar-refractivity contribution in [1.29, 1.82) is 0 Å². The highest BCUT2D eigenvalue weighted by atomic mass is 35.5. The maximum atomic E-state index is 12.7. The summed E-state index contributed by atoms with van der Waals surface area (Å²) in [7, 11) is -2.81. The quantitative estimate of drug-likeness (QED) is 0.433. The Hall–Kier alpha value is -1.93. The van der Waals surface area contributed by atoms with Crippen LogP contribution in [-0.2, 0) is 14.8 Å². The molecule has 10 heteroatoms. The molecule has 1 aromatic heterocycles. The van der Waals surface area contributed by atoms with Crippen LogP contribution in [0.15, 0.2) is 39.6 Å². The first-order valence-corrected chi connectivity index (χ1v) is 10.0. The van der Waals surface area contributed by atoms with Gasteiger partial charge in [0.05, 0.1) is 22.2 Å². The van der Waals surface area contributed by atoms with E-state index in [-0.39, 0.29) is 31.2 Å². The van der Waals surface area contributed by atoms with E-state index < -0.39 is 16.0 Å². The molecule has 0 saturated heterocycles. The first-order chi connectivity index (χ1) is 12.6. The summed E-state index contributed by atoms with van der Waals surface area (Å²) < 4.78 is 38.0. The molecule has 0 spiro atoms. The van der Waals surface area contributed by atoms with Crippen LogP contribution in [0.3, 0.4) is 0 Å². The maximum Gasteiger partial charge on any atom is 0.342 e. The van der Waals surface area contributed by atoms with E-state index in [0.29, 0.717) is 16.7 Å². The van der Waals surface area contributed by atoms with E-state index in [0.717, 1.165) is 6.07 Å². The van der Waals surface area contributed by atoms with Gasteiger partial charge in [-0.05, 0) is 37.3 Å². The second kappa shape index (κ2) is 7.24. The number of carbonyl (C=O) groups excluding carboxylic acids is 1. The van der Waals surface area contributed by atoms with Gasteiger partial charge < -0.3 is 9.15 Å². The number of ether oxygens (including phenoxy) is 1. The van der Waals surface area contributed by atoms with Gasteiger partial charge in [-0.1, -0.05) is 34.8 Å². The first-order valence-electron chi connectivity index (χ1n) is 7.43. The molecular weight excluding hydrogens is 437 g/mol. The van der Waals surface area contributed by atoms with Gasteiger partial charge in [-0.3, -0.25) is 4.72 Å². The number of aryl methyl sites for hydroxylation is 1. The summed E-state index contributed by atoms with van der Waals surface area (Å²) in [6.45, 7) is 1.62. The average molecular weight is 449 g/mol. The number of carbonyl (C=O) groups is 1. The molecule has 0 aliphatic carbocycles. The van der Waals surface area contributed by atoms with Gasteiger partial charge in [0, 0.05) is 11.1 Å². The number of benzene rings is 2. The lowest BCUT2D eigenvalue weighted by molar-refractivity contribution is 0.0600. The fourth-order valence-electron chi connectivity index (χ4n) is 2.56. The molecule has 142 valence electrons. The van der Waals surface area contributed by atoms with Crippen LogP contribution in [0.2, 0.25) is 15.1 Å². The zero-order valence-corrected chi connectivity index (χ0v) is 17.1. The Morgan fingerprint density at radius 2 is 1.74 bits per heavy atom. The molecule has 0 saturated carbocycles. The van der Waals surface area contributed by atoms with Crippen LogP contribution in [0.4, 0.5) is 5.69 Å². The third-order valence-electron chi connectivity index (χ3n) is 3.77. The summed E-state index contributed by atoms with van der Waals surface area (Å²) in [4.78, 5) is 11.7. The van der Waals surface area contributed by atoms with Crippen molar-refractivity contribution in [2.24, 2.45) is 0 Å². The van der Waals surface area contributed by atoms with Crippen LogP contribution in [0.1, 0.15) is 16.1 Å². The highest BCUT2D eigenvalue weighted by Gasteiger charge is 2.22. The fraction of sp³-hybridized carbons (Fsp3) is 0.118. The molecule has 3 rings (SSSR count). The monoisotopic (exact) mass is 447 g/mol. The summed E-state index contributed by atoms with van der Waals surface area (Å²) in [6, 6.07) is 6.92. The Bertz CT molecular complexity index is 1170. The van der Waals surface area contributed by atoms with E-state index >= 15 is 0 Å². The van der Waals surface area contributed by atoms with E-state index in [1.165, 1.54) is 25.3 Å². The number of halogens is 3. The summed E-state index contributed by atoms with van der Waals surface area (Å²) in [5.74, 6) is -0.219. The van der Waals surface area contributed by atoms with E-state index in [1.54, 1.807) is 13.0 Å². The maximum absolute atomic E-state index is 12.7. The van der Waals surface area contributed by atoms with Crippen molar-refractivity contribution in [2.45, 2.75) is 11.8 Å². The van der Waals surface area contributed by atoms with Crippen molar-refractivity contribution in [3.05, 3.63) is 56.7 Å². The molecule has 0 amide bonds. The summed E-state index contributed by atoms with van der Waals surface area (Å²) in [5, 5.41) is 0.529. The number of methoxy groups -OCH3 is 1. The van der Waals surface area contributed by atoms with Crippen molar-refractivity contribution in [2.75, 3.05) is 11.8 Å². The van der Waals surface area contributed by atoms with Crippen molar-refractivity contribution in [3.63, 3.8) is 0 Å². The van der Waals surface area contributed by atoms with Gasteiger partial charge in [0.15, 0.2) is 0 Å². The smallest absolute Gasteiger partial charge is 0.342 e. The Kier molecular flexibility index (Phi) is 5.31. The predicted molar refractivity (Wildman–Crippen MR) is 105 cm³/mol. The van der Waals surface area contributed by atoms with Crippen LogP contribution < -0.4 is 4.72 Å². The number of sulfonamides is 1. The molecule has 1 N–H and O–H groups in total. The number of anilines is 1. The van der Waals surface area contributed by atoms with Crippen LogP contribution >= 0.6 is 34.8 Å². The Balaban J connectivity index is 2.06. The largest absolute Gasteiger partial charge is 0.465 e. The van der Waals surface area contributed by atoms with Gasteiger partial charge in [-0.15, -0.1) is 0 Å². The number of furan rings is 1. The molecule has 27 heavy (non-hydrogen) atoms. The molecule has 2 aromatic carbocycles. The van der Waals surface area contributed by atoms with Crippen LogP contribution in [0.5, 0.6) is 0 Å². The van der Waals surface area contributed by atoms with Gasteiger partial charge in [-0.25, -0.2) is 13.2 Å². The zero-order valence-electron chi connectivity index (χ0n) is 14.0. The van der Waals surface area contributed by atoms with Crippen molar-refractivity contribution < 1.29 is 22.4 Å². The molecular formula is C17H12Cl3NO5S. The van der Waals surface area contributed by atoms with Gasteiger partial charge in [0.2, 0.25) is 0 Å². The SMILES string of the molecule is COC(=O)c1c(C)oc2ccc(NS(=O)(=O)c3cc(Cl)c(Cl)cc3Cl)cc12. The second-order valence-corrected chi connectivity index (χ2v) is 8.41. The summed E-state index contributed by atoms with van der Waals surface area (Å²) in [5.41, 5.74) is 0.847. The molecule has 0 atom stereocenters. The predicted octanol–water partition coefficient (Wildman–Crippen LogP) is 5.29. The normalized spacial score (nSPS) is 11.6. The minimum atomic E-state index is -4.06. The zero-order chi connectivity index (χ0) is 19.9. The van der Waals surface area contributed by atoms with Crippen LogP contribution in [-0.4, -0.2) is 21.5 Å². The van der Waals surface area contributed by atoms with Gasteiger partial charge >= 0.3 is 5.97 Å². The molecule has 1 heterocycles. The molecule has 0 radical (unpaired) electrons. The number of hydrogen-bond acceptors (Lipinski definition) is 5. The third kappa shape index (κ3) is 3.73. The van der Waals surface area contributed by atoms with Gasteiger partial charge in [-0.2, -0.15) is 0 Å². The topological polar surface area (TPSA) is 85.6 Å². The minimum absolute atomic E-state index is 0.0512. The van der Waals surface area contributed by atoms with E-state index in [9.17, 15) is 13.2 Å². The number of esters is 1. The molecule has 0 unspecified atom stereocenters. The van der Waals surface area contributed by atoms with Crippen molar-refractivity contribution >= 4 is 67.5 Å². The van der Waals surface area contributed by atoms with Crippen LogP contribution in [0, 0.1) is 6.92 Å². The Labute approximate surface area is 170 Å². The highest BCUT2D eigenvalue weighted by Crippen LogP contribution is 2.34. The number of nitrogens with one attached hydrogen (secondary N) is 1. The molecule has 6 nitrogen and oxygen atoms in total. The molecule has 0 aliphatic rings. The van der Waals surface area contributed by atoms with E-state index in [2.05, 4.69) is 4.72 Å². The molecule has 0 fully saturated rings. The minimum Gasteiger partial charge on any atom is -0.465 e. The summed E-state index contributed by atoms with van der Waals surface area (Å²) in [6.07, 6.45) is 0. The van der Waals surface area contributed by atoms with E-state index in [4.69, 9.17) is 44.0 Å². The average Bonchev–Trinajstić information content (AvgIpc) is 2.92. The molecule has 0 aliphatic heterocycles. The molecule has 3 aromatic rings. The first kappa shape index (κ1) is 19.8. The van der Waals surface area contributed by atoms with Gasteiger partial charge in [0.1, 0.15) is 21.8 Å². The highest BCUT2D eigenvalue weighted by molar-refractivity contribution is 7.92. The summed E-state index contributed by atoms with van der Waals surface area (Å²) >= 11 is 17.7. The standard InChI is InChI=1S/C17H12Cl3NO5S/c1-8-16(17(22)25-2)10-5-9(3-4-14(10)26-8)21-27(23,24)15-7-12(19)11(18)6-13(15)20/h3-7,21H,1-2H3. The van der Waals surface area contributed by atoms with Crippen LogP contribution in [0.25, 0.3) is 11.0 Å². The third-order valence-corrected chi connectivity index (χ3v) is 6.34.